The number of nitrogens with two attached hydrogens (primary N) is 1. The molecule has 21 heavy (non-hydrogen) atoms. The first kappa shape index (κ1) is 16.1. The van der Waals surface area contributed by atoms with Crippen molar-refractivity contribution in [3.8, 4) is 0 Å². The summed E-state index contributed by atoms with van der Waals surface area (Å²) in [6, 6.07) is 0.192. The smallest absolute Gasteiger partial charge is 0.320 e. The molecule has 2 aliphatic rings. The van der Waals surface area contributed by atoms with Crippen molar-refractivity contribution < 1.29 is 4.79 Å². The molecule has 0 aromatic rings. The fourth-order valence-corrected chi connectivity index (χ4v) is 3.09. The summed E-state index contributed by atoms with van der Waals surface area (Å²) in [6.07, 6.45) is 4.74. The summed E-state index contributed by atoms with van der Waals surface area (Å²) < 4.78 is 0. The van der Waals surface area contributed by atoms with E-state index in [2.05, 4.69) is 4.90 Å². The molecular weight excluding hydrogens is 266 g/mol. The number of amides is 2. The Bertz CT molecular complexity index is 380. The molecule has 0 radical (unpaired) electrons. The lowest BCUT2D eigenvalue weighted by Crippen LogP contribution is -2.61. The molecule has 2 aliphatic heterocycles. The van der Waals surface area contributed by atoms with Crippen molar-refractivity contribution in [3.05, 3.63) is 0 Å². The van der Waals surface area contributed by atoms with Gasteiger partial charge >= 0.3 is 6.03 Å². The van der Waals surface area contributed by atoms with Crippen LogP contribution >= 0.6 is 0 Å². The largest absolute Gasteiger partial charge is 0.386 e. The molecule has 2 amide bonds. The van der Waals surface area contributed by atoms with Crippen LogP contribution < -0.4 is 5.73 Å². The normalized spacial score (nSPS) is 22.0. The van der Waals surface area contributed by atoms with Gasteiger partial charge in [-0.1, -0.05) is 12.8 Å². The molecule has 0 unspecified atom stereocenters. The molecule has 2 fully saturated rings. The van der Waals surface area contributed by atoms with Crippen molar-refractivity contribution >= 4 is 11.9 Å². The second-order valence-corrected chi connectivity index (χ2v) is 6.63. The van der Waals surface area contributed by atoms with E-state index in [9.17, 15) is 4.79 Å². The van der Waals surface area contributed by atoms with E-state index in [0.29, 0.717) is 0 Å². The van der Waals surface area contributed by atoms with Crippen molar-refractivity contribution in [3.63, 3.8) is 0 Å². The number of carbonyl (C=O) groups excluding carboxylic acids is 1. The summed E-state index contributed by atoms with van der Waals surface area (Å²) in [7, 11) is 0. The van der Waals surface area contributed by atoms with Gasteiger partial charge in [-0.05, 0) is 26.7 Å². The molecular formula is C15H29N5O. The SMILES string of the molecule is CC(C)(C(=N)N)N1CCN(C(=O)N2CCCCCC2)CC1. The molecule has 0 bridgehead atoms. The number of carbonyl (C=O) groups is 1. The predicted molar refractivity (Wildman–Crippen MR) is 84.6 cm³/mol. The molecule has 2 saturated heterocycles. The van der Waals surface area contributed by atoms with E-state index >= 15 is 0 Å². The molecule has 2 heterocycles. The molecule has 0 aromatic heterocycles. The minimum Gasteiger partial charge on any atom is -0.386 e. The van der Waals surface area contributed by atoms with E-state index in [1.807, 2.05) is 23.6 Å². The average Bonchev–Trinajstić information content (AvgIpc) is 2.75. The third-order valence-corrected chi connectivity index (χ3v) is 4.88. The first-order valence-corrected chi connectivity index (χ1v) is 8.06. The van der Waals surface area contributed by atoms with Gasteiger partial charge in [-0.15, -0.1) is 0 Å². The second-order valence-electron chi connectivity index (χ2n) is 6.63. The first-order chi connectivity index (χ1) is 9.93. The maximum atomic E-state index is 12.6. The number of amidine groups is 1. The lowest BCUT2D eigenvalue weighted by molar-refractivity contribution is 0.0826. The van der Waals surface area contributed by atoms with Gasteiger partial charge in [0.05, 0.1) is 5.54 Å². The van der Waals surface area contributed by atoms with Crippen molar-refractivity contribution in [2.24, 2.45) is 5.73 Å². The fourth-order valence-electron chi connectivity index (χ4n) is 3.09. The van der Waals surface area contributed by atoms with Gasteiger partial charge in [-0.25, -0.2) is 4.79 Å². The molecule has 0 aromatic carbocycles. The molecule has 0 atom stereocenters. The number of nitrogens with zero attached hydrogens (tertiary/aromatic N) is 3. The summed E-state index contributed by atoms with van der Waals surface area (Å²) in [5.74, 6) is 0.190. The third-order valence-electron chi connectivity index (χ3n) is 4.88. The van der Waals surface area contributed by atoms with Crippen LogP contribution in [0.25, 0.3) is 0 Å². The van der Waals surface area contributed by atoms with E-state index in [0.717, 1.165) is 52.1 Å². The number of rotatable bonds is 2. The van der Waals surface area contributed by atoms with Gasteiger partial charge in [0.25, 0.3) is 0 Å². The maximum absolute atomic E-state index is 12.6. The average molecular weight is 295 g/mol. The molecule has 3 N–H and O–H groups in total. The second kappa shape index (κ2) is 6.64. The summed E-state index contributed by atoms with van der Waals surface area (Å²) in [6.45, 7) is 8.77. The van der Waals surface area contributed by atoms with Crippen molar-refractivity contribution in [2.75, 3.05) is 39.3 Å². The highest BCUT2D eigenvalue weighted by Crippen LogP contribution is 2.18. The van der Waals surface area contributed by atoms with Gasteiger partial charge in [-0.3, -0.25) is 10.3 Å². The molecule has 6 nitrogen and oxygen atoms in total. The number of hydrogen-bond donors (Lipinski definition) is 2. The number of urea groups is 1. The van der Waals surface area contributed by atoms with Crippen LogP contribution in [0.5, 0.6) is 0 Å². The van der Waals surface area contributed by atoms with Crippen LogP contribution in [-0.4, -0.2) is 71.4 Å². The van der Waals surface area contributed by atoms with E-state index in [-0.39, 0.29) is 11.9 Å². The Morgan fingerprint density at radius 1 is 0.905 bits per heavy atom. The highest BCUT2D eigenvalue weighted by Gasteiger charge is 2.34. The van der Waals surface area contributed by atoms with Gasteiger partial charge in [0.15, 0.2) is 0 Å². The van der Waals surface area contributed by atoms with Crippen LogP contribution in [-0.2, 0) is 0 Å². The van der Waals surface area contributed by atoms with Crippen LogP contribution in [0.2, 0.25) is 0 Å². The number of nitrogens with one attached hydrogen (secondary N) is 1. The summed E-state index contributed by atoms with van der Waals surface area (Å²) in [5.41, 5.74) is 5.26. The summed E-state index contributed by atoms with van der Waals surface area (Å²) >= 11 is 0. The van der Waals surface area contributed by atoms with Gasteiger partial charge in [0.1, 0.15) is 5.84 Å². The number of likely N-dealkylation sites (tertiary alicyclic amines) is 1. The highest BCUT2D eigenvalue weighted by molar-refractivity contribution is 5.86. The predicted octanol–water partition coefficient (Wildman–Crippen LogP) is 1.31. The van der Waals surface area contributed by atoms with E-state index in [1.54, 1.807) is 0 Å². The highest BCUT2D eigenvalue weighted by atomic mass is 16.2. The molecule has 0 aliphatic carbocycles. The maximum Gasteiger partial charge on any atom is 0.320 e. The first-order valence-electron chi connectivity index (χ1n) is 8.06. The lowest BCUT2D eigenvalue weighted by Gasteiger charge is -2.44. The van der Waals surface area contributed by atoms with E-state index in [1.165, 1.54) is 12.8 Å². The van der Waals surface area contributed by atoms with Crippen molar-refractivity contribution in [1.29, 1.82) is 5.41 Å². The topological polar surface area (TPSA) is 76.7 Å². The van der Waals surface area contributed by atoms with E-state index < -0.39 is 5.54 Å². The third kappa shape index (κ3) is 3.67. The molecule has 2 rings (SSSR count). The molecule has 6 heteroatoms. The minimum absolute atomic E-state index is 0.190. The fraction of sp³-hybridized carbons (Fsp3) is 0.867. The number of hydrogen-bond acceptors (Lipinski definition) is 3. The van der Waals surface area contributed by atoms with Gasteiger partial charge in [0.2, 0.25) is 0 Å². The van der Waals surface area contributed by atoms with Crippen LogP contribution in [0.15, 0.2) is 0 Å². The zero-order chi connectivity index (χ0) is 15.5. The Hall–Kier alpha value is -1.30. The zero-order valence-corrected chi connectivity index (χ0v) is 13.4. The quantitative estimate of drug-likeness (QED) is 0.596. The molecule has 0 spiro atoms. The van der Waals surface area contributed by atoms with Crippen LogP contribution in [0, 0.1) is 5.41 Å². The van der Waals surface area contributed by atoms with Gasteiger partial charge in [-0.2, -0.15) is 0 Å². The van der Waals surface area contributed by atoms with Crippen molar-refractivity contribution in [1.82, 2.24) is 14.7 Å². The Labute approximate surface area is 127 Å². The Balaban J connectivity index is 1.88. The van der Waals surface area contributed by atoms with Crippen LogP contribution in [0.1, 0.15) is 39.5 Å². The number of piperazine rings is 1. The molecule has 120 valence electrons. The van der Waals surface area contributed by atoms with E-state index in [4.69, 9.17) is 11.1 Å². The summed E-state index contributed by atoms with van der Waals surface area (Å²) in [5, 5.41) is 7.70. The van der Waals surface area contributed by atoms with Gasteiger partial charge in [0, 0.05) is 39.3 Å². The van der Waals surface area contributed by atoms with Crippen molar-refractivity contribution in [2.45, 2.75) is 45.1 Å². The Kier molecular flexibility index (Phi) is 5.08. The van der Waals surface area contributed by atoms with Crippen LogP contribution in [0.3, 0.4) is 0 Å². The van der Waals surface area contributed by atoms with Gasteiger partial charge < -0.3 is 15.5 Å². The summed E-state index contributed by atoms with van der Waals surface area (Å²) in [4.78, 5) is 18.7. The standard InChI is InChI=1S/C15H29N5O/c1-15(2,13(16)17)20-11-9-19(10-12-20)14(21)18-7-5-3-4-6-8-18/h3-12H2,1-2H3,(H3,16,17). The zero-order valence-electron chi connectivity index (χ0n) is 13.4. The minimum atomic E-state index is -0.419. The lowest BCUT2D eigenvalue weighted by atomic mass is 10.0. The Morgan fingerprint density at radius 3 is 1.86 bits per heavy atom. The van der Waals surface area contributed by atoms with Crippen LogP contribution in [0.4, 0.5) is 4.79 Å². The molecule has 0 saturated carbocycles. The monoisotopic (exact) mass is 295 g/mol. The Morgan fingerprint density at radius 2 is 1.38 bits per heavy atom.